The largest absolute Gasteiger partial charge is 0.307 e. The van der Waals surface area contributed by atoms with E-state index in [0.717, 1.165) is 25.1 Å². The lowest BCUT2D eigenvalue weighted by Gasteiger charge is -2.16. The Bertz CT molecular complexity index is 304. The number of halogens is 1. The lowest BCUT2D eigenvalue weighted by molar-refractivity contribution is 0.812. The topological polar surface area (TPSA) is 32.7 Å². The minimum atomic E-state index is 0.473. The molecule has 0 radical (unpaired) electrons. The van der Waals surface area contributed by atoms with Crippen molar-refractivity contribution < 1.29 is 0 Å². The SMILES string of the molecule is CCCCN(Br)c1ccccc1N=O. The van der Waals surface area contributed by atoms with Crippen molar-refractivity contribution in [3.05, 3.63) is 29.2 Å². The average Bonchev–Trinajstić information content (AvgIpc) is 2.25. The Morgan fingerprint density at radius 3 is 2.79 bits per heavy atom. The summed E-state index contributed by atoms with van der Waals surface area (Å²) in [5.41, 5.74) is 1.30. The van der Waals surface area contributed by atoms with Crippen LogP contribution in [0.2, 0.25) is 0 Å². The summed E-state index contributed by atoms with van der Waals surface area (Å²) in [4.78, 5) is 10.5. The quantitative estimate of drug-likeness (QED) is 0.589. The maximum absolute atomic E-state index is 10.5. The van der Waals surface area contributed by atoms with E-state index in [-0.39, 0.29) is 0 Å². The second-order valence-electron chi connectivity index (χ2n) is 3.02. The molecule has 0 aromatic heterocycles. The maximum atomic E-state index is 10.5. The van der Waals surface area contributed by atoms with E-state index < -0.39 is 0 Å². The molecule has 1 rings (SSSR count). The van der Waals surface area contributed by atoms with Gasteiger partial charge >= 0.3 is 0 Å². The molecule has 0 amide bonds. The van der Waals surface area contributed by atoms with E-state index in [1.165, 1.54) is 0 Å². The Morgan fingerprint density at radius 1 is 1.43 bits per heavy atom. The van der Waals surface area contributed by atoms with Crippen molar-refractivity contribution in [1.82, 2.24) is 0 Å². The van der Waals surface area contributed by atoms with E-state index >= 15 is 0 Å². The van der Waals surface area contributed by atoms with E-state index in [9.17, 15) is 4.91 Å². The monoisotopic (exact) mass is 256 g/mol. The van der Waals surface area contributed by atoms with Gasteiger partial charge in [-0.15, -0.1) is 4.91 Å². The zero-order chi connectivity index (χ0) is 10.4. The molecule has 14 heavy (non-hydrogen) atoms. The van der Waals surface area contributed by atoms with Gasteiger partial charge in [-0.1, -0.05) is 25.5 Å². The summed E-state index contributed by atoms with van der Waals surface area (Å²) in [6, 6.07) is 7.29. The van der Waals surface area contributed by atoms with Gasteiger partial charge in [-0.05, 0) is 23.7 Å². The molecule has 0 atom stereocenters. The standard InChI is InChI=1S/C10H13BrN2O/c1-2-3-8-13(11)10-7-5-4-6-9(10)12-14/h4-7H,2-3,8H2,1H3. The number of unbranched alkanes of at least 4 members (excludes halogenated alkanes) is 1. The highest BCUT2D eigenvalue weighted by atomic mass is 79.9. The highest BCUT2D eigenvalue weighted by molar-refractivity contribution is 9.10. The van der Waals surface area contributed by atoms with Crippen LogP contribution in [0, 0.1) is 4.91 Å². The van der Waals surface area contributed by atoms with Crippen molar-refractivity contribution in [3.63, 3.8) is 0 Å². The van der Waals surface area contributed by atoms with Gasteiger partial charge in [0.2, 0.25) is 0 Å². The lowest BCUT2D eigenvalue weighted by atomic mass is 10.2. The highest BCUT2D eigenvalue weighted by Crippen LogP contribution is 2.30. The van der Waals surface area contributed by atoms with Crippen LogP contribution in [0.15, 0.2) is 29.4 Å². The molecule has 0 bridgehead atoms. The van der Waals surface area contributed by atoms with Gasteiger partial charge in [0.1, 0.15) is 5.69 Å². The highest BCUT2D eigenvalue weighted by Gasteiger charge is 2.07. The molecule has 0 aliphatic rings. The van der Waals surface area contributed by atoms with E-state index in [0.29, 0.717) is 5.69 Å². The van der Waals surface area contributed by atoms with Crippen LogP contribution < -0.4 is 3.93 Å². The summed E-state index contributed by atoms with van der Waals surface area (Å²) in [6.07, 6.45) is 2.21. The first kappa shape index (κ1) is 11.2. The molecule has 0 heterocycles. The number of benzene rings is 1. The van der Waals surface area contributed by atoms with Crippen LogP contribution in [0.4, 0.5) is 11.4 Å². The number of nitrogens with zero attached hydrogens (tertiary/aromatic N) is 2. The maximum Gasteiger partial charge on any atom is 0.132 e. The number of nitroso groups, excluding NO2 is 1. The lowest BCUT2D eigenvalue weighted by Crippen LogP contribution is -2.10. The summed E-state index contributed by atoms with van der Waals surface area (Å²) < 4.78 is 1.88. The Balaban J connectivity index is 2.77. The smallest absolute Gasteiger partial charge is 0.132 e. The molecule has 1 aromatic rings. The van der Waals surface area contributed by atoms with Crippen molar-refractivity contribution in [2.24, 2.45) is 5.18 Å². The number of hydrogen-bond acceptors (Lipinski definition) is 3. The molecule has 1 aromatic carbocycles. The molecule has 0 fully saturated rings. The fraction of sp³-hybridized carbons (Fsp3) is 0.400. The van der Waals surface area contributed by atoms with Gasteiger partial charge in [-0.2, -0.15) is 0 Å². The van der Waals surface area contributed by atoms with Gasteiger partial charge in [0.15, 0.2) is 0 Å². The first-order chi connectivity index (χ1) is 6.79. The van der Waals surface area contributed by atoms with Crippen molar-refractivity contribution in [2.75, 3.05) is 10.5 Å². The van der Waals surface area contributed by atoms with Crippen LogP contribution in [-0.2, 0) is 0 Å². The molecule has 0 aliphatic carbocycles. The Morgan fingerprint density at radius 2 is 2.14 bits per heavy atom. The molecule has 0 aliphatic heterocycles. The van der Waals surface area contributed by atoms with E-state index in [2.05, 4.69) is 28.2 Å². The Kier molecular flexibility index (Phi) is 4.59. The van der Waals surface area contributed by atoms with Crippen LogP contribution in [0.5, 0.6) is 0 Å². The van der Waals surface area contributed by atoms with Crippen molar-refractivity contribution >= 4 is 27.5 Å². The molecule has 0 unspecified atom stereocenters. The Labute approximate surface area is 92.4 Å². The summed E-state index contributed by atoms with van der Waals surface area (Å²) in [7, 11) is 0. The predicted octanol–water partition coefficient (Wildman–Crippen LogP) is 4.00. The van der Waals surface area contributed by atoms with Crippen LogP contribution in [0.1, 0.15) is 19.8 Å². The second-order valence-corrected chi connectivity index (χ2v) is 3.88. The predicted molar refractivity (Wildman–Crippen MR) is 63.1 cm³/mol. The summed E-state index contributed by atoms with van der Waals surface area (Å²) >= 11 is 3.41. The first-order valence-electron chi connectivity index (χ1n) is 4.65. The molecule has 76 valence electrons. The van der Waals surface area contributed by atoms with Crippen LogP contribution in [0.25, 0.3) is 0 Å². The normalized spacial score (nSPS) is 9.86. The first-order valence-corrected chi connectivity index (χ1v) is 5.36. The summed E-state index contributed by atoms with van der Waals surface area (Å²) in [6.45, 7) is 3.01. The molecule has 0 saturated carbocycles. The van der Waals surface area contributed by atoms with Gasteiger partial charge in [-0.25, -0.2) is 0 Å². The van der Waals surface area contributed by atoms with Crippen LogP contribution >= 0.6 is 16.1 Å². The average molecular weight is 257 g/mol. The molecular formula is C10H13BrN2O. The van der Waals surface area contributed by atoms with Gasteiger partial charge in [0, 0.05) is 22.7 Å². The molecule has 4 heteroatoms. The fourth-order valence-electron chi connectivity index (χ4n) is 1.16. The van der Waals surface area contributed by atoms with E-state index in [1.54, 1.807) is 12.1 Å². The summed E-state index contributed by atoms with van der Waals surface area (Å²) in [5, 5.41) is 2.98. The van der Waals surface area contributed by atoms with Crippen molar-refractivity contribution in [1.29, 1.82) is 0 Å². The number of hydrogen-bond donors (Lipinski definition) is 0. The third-order valence-corrected chi connectivity index (χ3v) is 2.69. The molecule has 0 N–H and O–H groups in total. The van der Waals surface area contributed by atoms with Gasteiger partial charge in [0.05, 0.1) is 5.69 Å². The van der Waals surface area contributed by atoms with Gasteiger partial charge in [-0.3, -0.25) is 0 Å². The zero-order valence-electron chi connectivity index (χ0n) is 8.11. The third-order valence-electron chi connectivity index (χ3n) is 1.95. The molecule has 0 saturated heterocycles. The molecule has 3 nitrogen and oxygen atoms in total. The Hall–Kier alpha value is -0.900. The summed E-state index contributed by atoms with van der Waals surface area (Å²) in [5.74, 6) is 0. The van der Waals surface area contributed by atoms with Crippen molar-refractivity contribution in [3.8, 4) is 0 Å². The minimum Gasteiger partial charge on any atom is -0.307 e. The minimum absolute atomic E-state index is 0.473. The van der Waals surface area contributed by atoms with Crippen molar-refractivity contribution in [2.45, 2.75) is 19.8 Å². The number of para-hydroxylation sites is 1. The molecule has 0 spiro atoms. The number of rotatable bonds is 5. The zero-order valence-corrected chi connectivity index (χ0v) is 9.70. The van der Waals surface area contributed by atoms with Gasteiger partial charge < -0.3 is 3.93 Å². The van der Waals surface area contributed by atoms with E-state index in [1.807, 2.05) is 16.1 Å². The van der Waals surface area contributed by atoms with Crippen LogP contribution in [0.3, 0.4) is 0 Å². The third kappa shape index (κ3) is 2.80. The van der Waals surface area contributed by atoms with E-state index in [4.69, 9.17) is 0 Å². The second kappa shape index (κ2) is 5.75. The molecular weight excluding hydrogens is 244 g/mol. The fourth-order valence-corrected chi connectivity index (χ4v) is 1.71. The van der Waals surface area contributed by atoms with Gasteiger partial charge in [0.25, 0.3) is 0 Å². The number of anilines is 1. The van der Waals surface area contributed by atoms with Crippen LogP contribution in [-0.4, -0.2) is 6.54 Å².